The molecule has 14 heavy (non-hydrogen) atoms. The average Bonchev–Trinajstić information content (AvgIpc) is 2.26. The lowest BCUT2D eigenvalue weighted by molar-refractivity contribution is 0.259. The number of hydrogen-bond acceptors (Lipinski definition) is 1. The summed E-state index contributed by atoms with van der Waals surface area (Å²) in [5.74, 6) is 1.15. The minimum absolute atomic E-state index is 0.361. The van der Waals surface area contributed by atoms with Crippen molar-refractivity contribution < 1.29 is 4.39 Å². The first kappa shape index (κ1) is 12.0. The van der Waals surface area contributed by atoms with E-state index >= 15 is 0 Å². The van der Waals surface area contributed by atoms with Gasteiger partial charge >= 0.3 is 0 Å². The van der Waals surface area contributed by atoms with Gasteiger partial charge in [0.2, 0.25) is 0 Å². The molecule has 84 valence electrons. The van der Waals surface area contributed by atoms with Crippen molar-refractivity contribution in [3.8, 4) is 0 Å². The van der Waals surface area contributed by atoms with E-state index in [9.17, 15) is 4.39 Å². The van der Waals surface area contributed by atoms with E-state index in [1.807, 2.05) is 0 Å². The number of halogens is 1. The van der Waals surface area contributed by atoms with Gasteiger partial charge in [-0.1, -0.05) is 27.7 Å². The molecule has 0 aliphatic carbocycles. The molecular weight excluding hydrogens is 177 g/mol. The van der Waals surface area contributed by atoms with Crippen LogP contribution in [0.3, 0.4) is 0 Å². The second-order valence-corrected chi connectivity index (χ2v) is 5.28. The molecule has 0 aromatic rings. The number of rotatable bonds is 2. The molecule has 1 rings (SSSR count). The third kappa shape index (κ3) is 3.23. The van der Waals surface area contributed by atoms with Gasteiger partial charge in [0, 0.05) is 12.1 Å². The van der Waals surface area contributed by atoms with Gasteiger partial charge < -0.3 is 5.32 Å². The van der Waals surface area contributed by atoms with Gasteiger partial charge in [-0.25, -0.2) is 4.39 Å². The van der Waals surface area contributed by atoms with Gasteiger partial charge in [-0.15, -0.1) is 0 Å². The van der Waals surface area contributed by atoms with Crippen molar-refractivity contribution in [2.75, 3.05) is 0 Å². The predicted molar refractivity (Wildman–Crippen MR) is 59.1 cm³/mol. The van der Waals surface area contributed by atoms with Crippen LogP contribution in [0.5, 0.6) is 0 Å². The Morgan fingerprint density at radius 2 is 1.57 bits per heavy atom. The predicted octanol–water partition coefficient (Wildman–Crippen LogP) is 3.15. The second kappa shape index (κ2) is 5.11. The summed E-state index contributed by atoms with van der Waals surface area (Å²) in [6, 6.07) is 0.864. The van der Waals surface area contributed by atoms with Crippen molar-refractivity contribution in [1.82, 2.24) is 5.32 Å². The number of hydrogen-bond donors (Lipinski definition) is 1. The smallest absolute Gasteiger partial charge is 0.102 e. The summed E-state index contributed by atoms with van der Waals surface area (Å²) in [7, 11) is 0. The first-order valence-corrected chi connectivity index (χ1v) is 5.90. The summed E-state index contributed by atoms with van der Waals surface area (Å²) >= 11 is 0. The maximum Gasteiger partial charge on any atom is 0.102 e. The highest BCUT2D eigenvalue weighted by Gasteiger charge is 2.27. The van der Waals surface area contributed by atoms with E-state index in [-0.39, 0.29) is 0 Å². The van der Waals surface area contributed by atoms with Gasteiger partial charge in [0.1, 0.15) is 6.17 Å². The average molecular weight is 201 g/mol. The van der Waals surface area contributed by atoms with Crippen LogP contribution in [0.1, 0.15) is 47.0 Å². The van der Waals surface area contributed by atoms with E-state index < -0.39 is 6.17 Å². The molecule has 1 nitrogen and oxygen atoms in total. The molecule has 1 aliphatic heterocycles. The standard InChI is InChI=1S/C12H24FN/c1-8(2)11-6-5-10(13)7-12(14-11)9(3)4/h8-12,14H,5-7H2,1-4H3. The highest BCUT2D eigenvalue weighted by atomic mass is 19.1. The Labute approximate surface area is 87.5 Å². The van der Waals surface area contributed by atoms with Crippen molar-refractivity contribution in [2.24, 2.45) is 11.8 Å². The van der Waals surface area contributed by atoms with Crippen LogP contribution in [0.25, 0.3) is 0 Å². The minimum Gasteiger partial charge on any atom is -0.311 e. The monoisotopic (exact) mass is 201 g/mol. The van der Waals surface area contributed by atoms with E-state index in [1.54, 1.807) is 0 Å². The van der Waals surface area contributed by atoms with Gasteiger partial charge in [-0.3, -0.25) is 0 Å². The quantitative estimate of drug-likeness (QED) is 0.723. The highest BCUT2D eigenvalue weighted by molar-refractivity contribution is 4.85. The van der Waals surface area contributed by atoms with Crippen molar-refractivity contribution >= 4 is 0 Å². The van der Waals surface area contributed by atoms with Crippen molar-refractivity contribution in [2.45, 2.75) is 65.2 Å². The van der Waals surface area contributed by atoms with E-state index in [0.717, 1.165) is 12.8 Å². The zero-order valence-electron chi connectivity index (χ0n) is 9.89. The summed E-state index contributed by atoms with van der Waals surface area (Å²) in [6.45, 7) is 8.78. The fourth-order valence-electron chi connectivity index (χ4n) is 2.17. The Hall–Kier alpha value is -0.110. The van der Waals surface area contributed by atoms with Gasteiger partial charge in [0.05, 0.1) is 0 Å². The molecule has 3 atom stereocenters. The Balaban J connectivity index is 2.59. The van der Waals surface area contributed by atoms with Gasteiger partial charge in [0.25, 0.3) is 0 Å². The molecule has 0 saturated carbocycles. The molecule has 2 heteroatoms. The van der Waals surface area contributed by atoms with Crippen molar-refractivity contribution in [3.05, 3.63) is 0 Å². The minimum atomic E-state index is -0.598. The number of alkyl halides is 1. The zero-order valence-corrected chi connectivity index (χ0v) is 9.89. The Morgan fingerprint density at radius 1 is 1.00 bits per heavy atom. The summed E-state index contributed by atoms with van der Waals surface area (Å²) in [5, 5.41) is 3.61. The lowest BCUT2D eigenvalue weighted by Crippen LogP contribution is -2.42. The van der Waals surface area contributed by atoms with Crippen LogP contribution in [-0.2, 0) is 0 Å². The van der Waals surface area contributed by atoms with Crippen LogP contribution < -0.4 is 5.32 Å². The molecule has 1 N–H and O–H groups in total. The maximum atomic E-state index is 13.5. The van der Waals surface area contributed by atoms with Gasteiger partial charge in [-0.2, -0.15) is 0 Å². The summed E-state index contributed by atoms with van der Waals surface area (Å²) in [5.41, 5.74) is 0. The van der Waals surface area contributed by atoms with Crippen LogP contribution >= 0.6 is 0 Å². The summed E-state index contributed by atoms with van der Waals surface area (Å²) in [6.07, 6.45) is 1.82. The Morgan fingerprint density at radius 3 is 2.07 bits per heavy atom. The van der Waals surface area contributed by atoms with Crippen molar-refractivity contribution in [1.29, 1.82) is 0 Å². The highest BCUT2D eigenvalue weighted by Crippen LogP contribution is 2.23. The van der Waals surface area contributed by atoms with Crippen LogP contribution in [0.4, 0.5) is 4.39 Å². The number of nitrogens with one attached hydrogen (secondary N) is 1. The largest absolute Gasteiger partial charge is 0.311 e. The summed E-state index contributed by atoms with van der Waals surface area (Å²) < 4.78 is 13.5. The fourth-order valence-corrected chi connectivity index (χ4v) is 2.17. The SMILES string of the molecule is CC(C)C1CCC(F)CC(C(C)C)N1. The molecule has 0 amide bonds. The van der Waals surface area contributed by atoms with E-state index in [1.165, 1.54) is 0 Å². The molecule has 3 unspecified atom stereocenters. The molecular formula is C12H24FN. The first-order chi connectivity index (χ1) is 6.50. The normalized spacial score (nSPS) is 34.9. The Bertz CT molecular complexity index is 168. The first-order valence-electron chi connectivity index (χ1n) is 5.90. The summed E-state index contributed by atoms with van der Waals surface area (Å²) in [4.78, 5) is 0. The van der Waals surface area contributed by atoms with Crippen molar-refractivity contribution in [3.63, 3.8) is 0 Å². The van der Waals surface area contributed by atoms with Gasteiger partial charge in [0.15, 0.2) is 0 Å². The fraction of sp³-hybridized carbons (Fsp3) is 1.00. The van der Waals surface area contributed by atoms with Crippen LogP contribution in [0, 0.1) is 11.8 Å². The molecule has 1 aliphatic rings. The molecule has 1 saturated heterocycles. The lowest BCUT2D eigenvalue weighted by Gasteiger charge is -2.27. The molecule has 1 fully saturated rings. The van der Waals surface area contributed by atoms with E-state index in [0.29, 0.717) is 30.3 Å². The topological polar surface area (TPSA) is 12.0 Å². The lowest BCUT2D eigenvalue weighted by atomic mass is 9.98. The molecule has 0 bridgehead atoms. The Kier molecular flexibility index (Phi) is 4.36. The third-order valence-electron chi connectivity index (χ3n) is 3.34. The van der Waals surface area contributed by atoms with Crippen LogP contribution in [0.2, 0.25) is 0 Å². The molecule has 0 aromatic heterocycles. The maximum absolute atomic E-state index is 13.5. The molecule has 1 heterocycles. The van der Waals surface area contributed by atoms with Crippen LogP contribution in [0.15, 0.2) is 0 Å². The third-order valence-corrected chi connectivity index (χ3v) is 3.34. The zero-order chi connectivity index (χ0) is 10.7. The van der Waals surface area contributed by atoms with E-state index in [2.05, 4.69) is 33.0 Å². The molecule has 0 aromatic carbocycles. The van der Waals surface area contributed by atoms with E-state index in [4.69, 9.17) is 0 Å². The van der Waals surface area contributed by atoms with Gasteiger partial charge in [-0.05, 0) is 31.1 Å². The molecule has 0 spiro atoms. The second-order valence-electron chi connectivity index (χ2n) is 5.28. The van der Waals surface area contributed by atoms with Crippen LogP contribution in [-0.4, -0.2) is 18.3 Å². The molecule has 0 radical (unpaired) electrons.